The number of amides is 1. The maximum absolute atomic E-state index is 12.7. The summed E-state index contributed by atoms with van der Waals surface area (Å²) in [6.45, 7) is 3.52. The van der Waals surface area contributed by atoms with Crippen molar-refractivity contribution in [1.29, 1.82) is 0 Å². The molecule has 1 amide bonds. The standard InChI is InChI=1S/C30H28IN5O7S/c1-3-41-29(38)27-18(2)33-30(44)34-28(27)22-9-4-5-10-24(22)43-17-26(37)35-32-15-19-11-12-25(23(31)14-19)42-16-20-7-6-8-21(13-20)36(39)40/h4-15,28H,3,16-17H2,1-2H3,(H,35,37)(H2,33,34,44)/t28-/m1/s1. The number of hydrogen-bond acceptors (Lipinski definition) is 9. The number of rotatable bonds is 12. The Balaban J connectivity index is 1.34. The molecule has 0 radical (unpaired) electrons. The van der Waals surface area contributed by atoms with Crippen LogP contribution in [-0.4, -0.2) is 41.3 Å². The highest BCUT2D eigenvalue weighted by Gasteiger charge is 2.32. The first-order chi connectivity index (χ1) is 21.2. The molecule has 0 aromatic heterocycles. The number of nitrogens with zero attached hydrogens (tertiary/aromatic N) is 2. The third-order valence-corrected chi connectivity index (χ3v) is 7.29. The smallest absolute Gasteiger partial charge is 0.338 e. The quantitative estimate of drug-likeness (QED) is 0.0599. The van der Waals surface area contributed by atoms with Gasteiger partial charge in [0, 0.05) is 23.4 Å². The SMILES string of the molecule is CCOC(=O)C1=C(C)NC(=S)N[C@@H]1c1ccccc1OCC(=O)NN=Cc1ccc(OCc2cccc([N+](=O)[O-])c2)c(I)c1. The van der Waals surface area contributed by atoms with Crippen LogP contribution in [-0.2, 0) is 20.9 Å². The predicted octanol–water partition coefficient (Wildman–Crippen LogP) is 4.66. The second-order valence-corrected chi connectivity index (χ2v) is 10.9. The molecule has 0 spiro atoms. The van der Waals surface area contributed by atoms with Crippen LogP contribution >= 0.6 is 34.8 Å². The summed E-state index contributed by atoms with van der Waals surface area (Å²) in [5.41, 5.74) is 5.37. The molecule has 1 aliphatic heterocycles. The van der Waals surface area contributed by atoms with Crippen LogP contribution in [0.2, 0.25) is 0 Å². The number of non-ortho nitro benzene ring substituents is 1. The largest absolute Gasteiger partial charge is 0.488 e. The van der Waals surface area contributed by atoms with E-state index in [0.29, 0.717) is 44.6 Å². The van der Waals surface area contributed by atoms with Crippen LogP contribution in [0.4, 0.5) is 5.69 Å². The summed E-state index contributed by atoms with van der Waals surface area (Å²) in [6.07, 6.45) is 1.48. The summed E-state index contributed by atoms with van der Waals surface area (Å²) < 4.78 is 17.7. The van der Waals surface area contributed by atoms with Gasteiger partial charge in [0.25, 0.3) is 11.6 Å². The molecular weight excluding hydrogens is 701 g/mol. The number of esters is 1. The fourth-order valence-corrected chi connectivity index (χ4v) is 5.21. The van der Waals surface area contributed by atoms with E-state index in [1.54, 1.807) is 62.4 Å². The number of nitro benzene ring substituents is 1. The molecule has 228 valence electrons. The molecule has 0 saturated carbocycles. The van der Waals surface area contributed by atoms with Gasteiger partial charge in [-0.25, -0.2) is 10.2 Å². The van der Waals surface area contributed by atoms with E-state index in [2.05, 4.69) is 43.8 Å². The molecule has 1 heterocycles. The van der Waals surface area contributed by atoms with Crippen LogP contribution in [0.15, 0.2) is 83.1 Å². The molecule has 3 N–H and O–H groups in total. The van der Waals surface area contributed by atoms with E-state index >= 15 is 0 Å². The predicted molar refractivity (Wildman–Crippen MR) is 175 cm³/mol. The lowest BCUT2D eigenvalue weighted by Gasteiger charge is -2.30. The van der Waals surface area contributed by atoms with Crippen molar-refractivity contribution in [3.8, 4) is 11.5 Å². The van der Waals surface area contributed by atoms with Crippen LogP contribution in [0.5, 0.6) is 11.5 Å². The number of para-hydroxylation sites is 1. The summed E-state index contributed by atoms with van der Waals surface area (Å²) in [5, 5.41) is 21.4. The zero-order valence-corrected chi connectivity index (χ0v) is 26.6. The van der Waals surface area contributed by atoms with E-state index in [-0.39, 0.29) is 25.5 Å². The van der Waals surface area contributed by atoms with Crippen molar-refractivity contribution in [2.75, 3.05) is 13.2 Å². The molecule has 3 aromatic rings. The Labute approximate surface area is 272 Å². The number of ether oxygens (including phenoxy) is 3. The maximum atomic E-state index is 12.7. The number of benzene rings is 3. The summed E-state index contributed by atoms with van der Waals surface area (Å²) in [6, 6.07) is 18.0. The van der Waals surface area contributed by atoms with Crippen molar-refractivity contribution < 1.29 is 28.7 Å². The van der Waals surface area contributed by atoms with Gasteiger partial charge in [-0.2, -0.15) is 5.10 Å². The molecule has 44 heavy (non-hydrogen) atoms. The average Bonchev–Trinajstić information content (AvgIpc) is 2.99. The van der Waals surface area contributed by atoms with Gasteiger partial charge in [-0.05, 0) is 84.0 Å². The number of nitrogens with one attached hydrogen (secondary N) is 3. The van der Waals surface area contributed by atoms with Crippen molar-refractivity contribution in [2.24, 2.45) is 5.10 Å². The van der Waals surface area contributed by atoms with Crippen LogP contribution in [0.3, 0.4) is 0 Å². The highest BCUT2D eigenvalue weighted by molar-refractivity contribution is 14.1. The van der Waals surface area contributed by atoms with E-state index in [1.807, 2.05) is 6.07 Å². The molecular formula is C30H28IN5O7S. The minimum absolute atomic E-state index is 0.00261. The monoisotopic (exact) mass is 729 g/mol. The Morgan fingerprint density at radius 2 is 1.91 bits per heavy atom. The van der Waals surface area contributed by atoms with Crippen LogP contribution in [0.1, 0.15) is 36.6 Å². The van der Waals surface area contributed by atoms with Gasteiger partial charge in [0.1, 0.15) is 18.1 Å². The van der Waals surface area contributed by atoms with Gasteiger partial charge in [-0.1, -0.05) is 30.3 Å². The number of nitro groups is 1. The summed E-state index contributed by atoms with van der Waals surface area (Å²) >= 11 is 7.42. The molecule has 3 aromatic carbocycles. The van der Waals surface area contributed by atoms with Crippen LogP contribution in [0.25, 0.3) is 0 Å². The Bertz CT molecular complexity index is 1650. The minimum Gasteiger partial charge on any atom is -0.488 e. The third kappa shape index (κ3) is 8.50. The lowest BCUT2D eigenvalue weighted by Crippen LogP contribution is -2.45. The number of carbonyl (C=O) groups excluding carboxylic acids is 2. The van der Waals surface area contributed by atoms with Crippen molar-refractivity contribution in [3.63, 3.8) is 0 Å². The maximum Gasteiger partial charge on any atom is 0.338 e. The normalized spacial score (nSPS) is 14.4. The molecule has 1 aliphatic rings. The Morgan fingerprint density at radius 3 is 2.66 bits per heavy atom. The number of allylic oxidation sites excluding steroid dienone is 1. The van der Waals surface area contributed by atoms with E-state index in [4.69, 9.17) is 26.4 Å². The van der Waals surface area contributed by atoms with Gasteiger partial charge in [-0.3, -0.25) is 14.9 Å². The first-order valence-corrected chi connectivity index (χ1v) is 14.8. The Morgan fingerprint density at radius 1 is 1.11 bits per heavy atom. The fourth-order valence-electron chi connectivity index (χ4n) is 4.25. The lowest BCUT2D eigenvalue weighted by atomic mass is 9.95. The lowest BCUT2D eigenvalue weighted by molar-refractivity contribution is -0.384. The average molecular weight is 730 g/mol. The van der Waals surface area contributed by atoms with Crippen molar-refractivity contribution in [2.45, 2.75) is 26.5 Å². The molecule has 0 aliphatic carbocycles. The zero-order valence-electron chi connectivity index (χ0n) is 23.7. The van der Waals surface area contributed by atoms with E-state index < -0.39 is 22.8 Å². The fraction of sp³-hybridized carbons (Fsp3) is 0.200. The Kier molecular flexibility index (Phi) is 11.2. The molecule has 0 unspecified atom stereocenters. The number of hydrazone groups is 1. The first kappa shape index (κ1) is 32.3. The zero-order chi connectivity index (χ0) is 31.6. The molecule has 0 bridgehead atoms. The Hall–Kier alpha value is -4.57. The molecule has 0 saturated heterocycles. The first-order valence-electron chi connectivity index (χ1n) is 13.3. The van der Waals surface area contributed by atoms with Gasteiger partial charge in [0.05, 0.1) is 32.9 Å². The van der Waals surface area contributed by atoms with Gasteiger partial charge in [0.2, 0.25) is 0 Å². The molecule has 4 rings (SSSR count). The number of thiocarbonyl (C=S) groups is 1. The highest BCUT2D eigenvalue weighted by Crippen LogP contribution is 2.33. The number of halogens is 1. The molecule has 0 fully saturated rings. The highest BCUT2D eigenvalue weighted by atomic mass is 127. The third-order valence-electron chi connectivity index (χ3n) is 6.23. The van der Waals surface area contributed by atoms with Gasteiger partial charge >= 0.3 is 5.97 Å². The van der Waals surface area contributed by atoms with Crippen LogP contribution < -0.4 is 25.5 Å². The van der Waals surface area contributed by atoms with Gasteiger partial charge in [0.15, 0.2) is 11.7 Å². The second-order valence-electron chi connectivity index (χ2n) is 9.32. The van der Waals surface area contributed by atoms with Gasteiger partial charge in [-0.15, -0.1) is 0 Å². The van der Waals surface area contributed by atoms with Crippen molar-refractivity contribution in [3.05, 3.63) is 108 Å². The topological polar surface area (TPSA) is 153 Å². The van der Waals surface area contributed by atoms with Crippen molar-refractivity contribution >= 4 is 63.7 Å². The summed E-state index contributed by atoms with van der Waals surface area (Å²) in [5.74, 6) is 0.00842. The molecule has 1 atom stereocenters. The van der Waals surface area contributed by atoms with Gasteiger partial charge < -0.3 is 24.8 Å². The number of carbonyl (C=O) groups is 2. The van der Waals surface area contributed by atoms with E-state index in [0.717, 1.165) is 3.57 Å². The van der Waals surface area contributed by atoms with Crippen molar-refractivity contribution in [1.82, 2.24) is 16.1 Å². The molecule has 12 nitrogen and oxygen atoms in total. The minimum atomic E-state index is -0.638. The second kappa shape index (κ2) is 15.2. The molecule has 14 heteroatoms. The number of hydrogen-bond donors (Lipinski definition) is 3. The van der Waals surface area contributed by atoms with E-state index in [1.165, 1.54) is 18.3 Å². The van der Waals surface area contributed by atoms with Crippen LogP contribution in [0, 0.1) is 13.7 Å². The summed E-state index contributed by atoms with van der Waals surface area (Å²) in [4.78, 5) is 35.8. The summed E-state index contributed by atoms with van der Waals surface area (Å²) in [7, 11) is 0. The van der Waals surface area contributed by atoms with E-state index in [9.17, 15) is 19.7 Å².